The molecule has 1 saturated carbocycles. The van der Waals surface area contributed by atoms with Gasteiger partial charge in [0.25, 0.3) is 0 Å². The molecular weight excluding hydrogens is 223 g/mol. The van der Waals surface area contributed by atoms with Gasteiger partial charge in [-0.25, -0.2) is 0 Å². The van der Waals surface area contributed by atoms with Gasteiger partial charge >= 0.3 is 6.18 Å². The van der Waals surface area contributed by atoms with Gasteiger partial charge in [-0.1, -0.05) is 0 Å². The van der Waals surface area contributed by atoms with Gasteiger partial charge in [0.05, 0.1) is 6.10 Å². The van der Waals surface area contributed by atoms with Crippen molar-refractivity contribution in [3.8, 4) is 0 Å². The first-order valence-corrected chi connectivity index (χ1v) is 5.44. The van der Waals surface area contributed by atoms with E-state index in [-0.39, 0.29) is 12.1 Å². The van der Waals surface area contributed by atoms with Crippen molar-refractivity contribution < 1.29 is 23.0 Å². The van der Waals surface area contributed by atoms with Crippen LogP contribution in [0.2, 0.25) is 0 Å². The molecule has 3 unspecified atom stereocenters. The zero-order chi connectivity index (χ0) is 12.2. The van der Waals surface area contributed by atoms with Gasteiger partial charge in [-0.2, -0.15) is 13.2 Å². The molecule has 1 rings (SSSR count). The number of halogens is 3. The lowest BCUT2D eigenvalue weighted by atomic mass is 9.93. The topological polar surface area (TPSA) is 41.5 Å². The van der Waals surface area contributed by atoms with E-state index >= 15 is 0 Å². The van der Waals surface area contributed by atoms with Crippen molar-refractivity contribution in [2.75, 3.05) is 13.7 Å². The first kappa shape index (κ1) is 13.7. The minimum absolute atomic E-state index is 0.00991. The van der Waals surface area contributed by atoms with Gasteiger partial charge < -0.3 is 15.2 Å². The SMILES string of the molecule is COC1CCCC(NCC(O)C(F)(F)F)C1. The van der Waals surface area contributed by atoms with Crippen molar-refractivity contribution >= 4 is 0 Å². The van der Waals surface area contributed by atoms with Crippen molar-refractivity contribution in [3.63, 3.8) is 0 Å². The summed E-state index contributed by atoms with van der Waals surface area (Å²) < 4.78 is 41.3. The van der Waals surface area contributed by atoms with E-state index in [1.165, 1.54) is 0 Å². The average Bonchev–Trinajstić information content (AvgIpc) is 2.25. The number of aliphatic hydroxyl groups excluding tert-OH is 1. The Morgan fingerprint density at radius 2 is 2.12 bits per heavy atom. The van der Waals surface area contributed by atoms with Gasteiger partial charge in [-0.15, -0.1) is 0 Å². The highest BCUT2D eigenvalue weighted by Crippen LogP contribution is 2.22. The molecule has 3 atom stereocenters. The Morgan fingerprint density at radius 1 is 1.44 bits per heavy atom. The fraction of sp³-hybridized carbons (Fsp3) is 1.00. The molecule has 0 radical (unpaired) electrons. The summed E-state index contributed by atoms with van der Waals surface area (Å²) in [7, 11) is 1.61. The number of hydrogen-bond acceptors (Lipinski definition) is 3. The maximum absolute atomic E-state index is 12.0. The van der Waals surface area contributed by atoms with E-state index in [2.05, 4.69) is 5.32 Å². The third-order valence-corrected chi connectivity index (χ3v) is 2.94. The molecule has 0 heterocycles. The Morgan fingerprint density at radius 3 is 2.69 bits per heavy atom. The summed E-state index contributed by atoms with van der Waals surface area (Å²) in [6.45, 7) is -0.440. The second kappa shape index (κ2) is 5.84. The van der Waals surface area contributed by atoms with Gasteiger partial charge in [-0.3, -0.25) is 0 Å². The number of methoxy groups -OCH3 is 1. The van der Waals surface area contributed by atoms with Crippen LogP contribution >= 0.6 is 0 Å². The molecule has 3 nitrogen and oxygen atoms in total. The van der Waals surface area contributed by atoms with Crippen molar-refractivity contribution in [1.82, 2.24) is 5.32 Å². The summed E-state index contributed by atoms with van der Waals surface area (Å²) in [5.41, 5.74) is 0. The standard InChI is InChI=1S/C10H18F3NO2/c1-16-8-4-2-3-7(5-8)14-6-9(15)10(11,12)13/h7-9,14-15H,2-6H2,1H3. The molecule has 2 N–H and O–H groups in total. The van der Waals surface area contributed by atoms with Gasteiger partial charge in [0.15, 0.2) is 6.10 Å². The summed E-state index contributed by atoms with van der Waals surface area (Å²) >= 11 is 0. The Labute approximate surface area is 93.0 Å². The molecule has 0 spiro atoms. The molecule has 0 aromatic carbocycles. The first-order chi connectivity index (χ1) is 7.43. The third-order valence-electron chi connectivity index (χ3n) is 2.94. The molecule has 0 bridgehead atoms. The summed E-state index contributed by atoms with van der Waals surface area (Å²) in [6.07, 6.45) is -3.26. The van der Waals surface area contributed by atoms with E-state index < -0.39 is 18.8 Å². The van der Waals surface area contributed by atoms with E-state index in [0.717, 1.165) is 19.3 Å². The molecular formula is C10H18F3NO2. The van der Waals surface area contributed by atoms with Crippen LogP contribution in [0.25, 0.3) is 0 Å². The zero-order valence-electron chi connectivity index (χ0n) is 9.26. The quantitative estimate of drug-likeness (QED) is 0.783. The van der Waals surface area contributed by atoms with Crippen molar-refractivity contribution in [2.24, 2.45) is 0 Å². The smallest absolute Gasteiger partial charge is 0.382 e. The van der Waals surface area contributed by atoms with Crippen LogP contribution in [0.3, 0.4) is 0 Å². The Hall–Kier alpha value is -0.330. The number of nitrogens with one attached hydrogen (secondary N) is 1. The maximum atomic E-state index is 12.0. The fourth-order valence-electron chi connectivity index (χ4n) is 1.94. The molecule has 0 aliphatic heterocycles. The summed E-state index contributed by atoms with van der Waals surface area (Å²) in [5, 5.41) is 11.6. The molecule has 1 fully saturated rings. The highest BCUT2D eigenvalue weighted by molar-refractivity contribution is 4.80. The van der Waals surface area contributed by atoms with Crippen LogP contribution in [0.1, 0.15) is 25.7 Å². The van der Waals surface area contributed by atoms with Gasteiger partial charge in [0.2, 0.25) is 0 Å². The van der Waals surface area contributed by atoms with Crippen LogP contribution in [0.15, 0.2) is 0 Å². The Kier molecular flexibility index (Phi) is 5.01. The van der Waals surface area contributed by atoms with Crippen molar-refractivity contribution in [1.29, 1.82) is 0 Å². The lowest BCUT2D eigenvalue weighted by Gasteiger charge is -2.29. The molecule has 16 heavy (non-hydrogen) atoms. The van der Waals surface area contributed by atoms with E-state index in [1.807, 2.05) is 0 Å². The second-order valence-corrected chi connectivity index (χ2v) is 4.19. The number of hydrogen-bond donors (Lipinski definition) is 2. The highest BCUT2D eigenvalue weighted by Gasteiger charge is 2.38. The third kappa shape index (κ3) is 4.27. The van der Waals surface area contributed by atoms with Crippen LogP contribution in [0, 0.1) is 0 Å². The largest absolute Gasteiger partial charge is 0.415 e. The average molecular weight is 241 g/mol. The molecule has 0 amide bonds. The second-order valence-electron chi connectivity index (χ2n) is 4.19. The van der Waals surface area contributed by atoms with Gasteiger partial charge in [0.1, 0.15) is 0 Å². The lowest BCUT2D eigenvalue weighted by Crippen LogP contribution is -2.44. The highest BCUT2D eigenvalue weighted by atomic mass is 19.4. The molecule has 0 saturated heterocycles. The molecule has 6 heteroatoms. The molecule has 96 valence electrons. The fourth-order valence-corrected chi connectivity index (χ4v) is 1.94. The minimum atomic E-state index is -4.54. The van der Waals surface area contributed by atoms with Crippen LogP contribution in [-0.4, -0.2) is 43.2 Å². The van der Waals surface area contributed by atoms with E-state index in [1.54, 1.807) is 7.11 Å². The predicted octanol–water partition coefficient (Wildman–Crippen LogP) is 1.46. The van der Waals surface area contributed by atoms with Crippen molar-refractivity contribution in [3.05, 3.63) is 0 Å². The molecule has 0 aromatic heterocycles. The predicted molar refractivity (Wildman–Crippen MR) is 53.1 cm³/mol. The Bertz CT molecular complexity index is 211. The summed E-state index contributed by atoms with van der Waals surface area (Å²) in [4.78, 5) is 0. The van der Waals surface area contributed by atoms with Crippen LogP contribution < -0.4 is 5.32 Å². The van der Waals surface area contributed by atoms with Crippen LogP contribution in [0.4, 0.5) is 13.2 Å². The molecule has 0 aromatic rings. The monoisotopic (exact) mass is 241 g/mol. The lowest BCUT2D eigenvalue weighted by molar-refractivity contribution is -0.202. The number of rotatable bonds is 4. The van der Waals surface area contributed by atoms with Gasteiger partial charge in [0, 0.05) is 19.7 Å². The zero-order valence-corrected chi connectivity index (χ0v) is 9.26. The number of alkyl halides is 3. The van der Waals surface area contributed by atoms with Crippen LogP contribution in [0.5, 0.6) is 0 Å². The number of aliphatic hydroxyl groups is 1. The van der Waals surface area contributed by atoms with Crippen LogP contribution in [-0.2, 0) is 4.74 Å². The Balaban J connectivity index is 2.27. The normalized spacial score (nSPS) is 29.1. The first-order valence-electron chi connectivity index (χ1n) is 5.44. The maximum Gasteiger partial charge on any atom is 0.415 e. The van der Waals surface area contributed by atoms with Gasteiger partial charge in [-0.05, 0) is 25.7 Å². The number of ether oxygens (including phenoxy) is 1. The van der Waals surface area contributed by atoms with E-state index in [0.29, 0.717) is 6.42 Å². The van der Waals surface area contributed by atoms with E-state index in [4.69, 9.17) is 9.84 Å². The van der Waals surface area contributed by atoms with E-state index in [9.17, 15) is 13.2 Å². The molecule has 1 aliphatic rings. The summed E-state index contributed by atoms with van der Waals surface area (Å²) in [5.74, 6) is 0. The minimum Gasteiger partial charge on any atom is -0.382 e. The van der Waals surface area contributed by atoms with Crippen molar-refractivity contribution in [2.45, 2.75) is 50.1 Å². The molecule has 1 aliphatic carbocycles. The summed E-state index contributed by atoms with van der Waals surface area (Å²) in [6, 6.07) is 0.00991.